The lowest BCUT2D eigenvalue weighted by Gasteiger charge is -2.06. The van der Waals surface area contributed by atoms with Crippen molar-refractivity contribution in [2.45, 2.75) is 32.1 Å². The highest BCUT2D eigenvalue weighted by atomic mass is 16.5. The Morgan fingerprint density at radius 3 is 3.00 bits per heavy atom. The quantitative estimate of drug-likeness (QED) is 0.524. The van der Waals surface area contributed by atoms with Crippen LogP contribution in [0, 0.1) is 0 Å². The molecule has 0 saturated heterocycles. The summed E-state index contributed by atoms with van der Waals surface area (Å²) < 4.78 is 5.46. The number of carbonyl (C=O) groups is 1. The van der Waals surface area contributed by atoms with E-state index in [2.05, 4.69) is 12.7 Å². The highest BCUT2D eigenvalue weighted by Crippen LogP contribution is 2.18. The zero-order chi connectivity index (χ0) is 10.4. The van der Waals surface area contributed by atoms with Crippen molar-refractivity contribution >= 4 is 5.97 Å². The van der Waals surface area contributed by atoms with Gasteiger partial charge in [0.1, 0.15) is 0 Å². The molecule has 0 aliphatic heterocycles. The molecule has 1 aliphatic rings. The number of rotatable bonds is 6. The number of aliphatic carboxylic acids is 1. The molecule has 78 valence electrons. The number of carboxylic acids is 1. The van der Waals surface area contributed by atoms with E-state index in [-0.39, 0.29) is 5.57 Å². The summed E-state index contributed by atoms with van der Waals surface area (Å²) in [5, 5.41) is 8.54. The number of allylic oxidation sites excluding steroid dienone is 2. The third-order valence-electron chi connectivity index (χ3n) is 2.21. The summed E-state index contributed by atoms with van der Waals surface area (Å²) in [6.07, 6.45) is 6.64. The first-order valence-corrected chi connectivity index (χ1v) is 4.93. The van der Waals surface area contributed by atoms with Gasteiger partial charge in [-0.25, -0.2) is 4.79 Å². The van der Waals surface area contributed by atoms with Crippen molar-refractivity contribution in [1.29, 1.82) is 0 Å². The van der Waals surface area contributed by atoms with Crippen LogP contribution in [-0.2, 0) is 9.53 Å². The van der Waals surface area contributed by atoms with E-state index in [1.807, 2.05) is 0 Å². The van der Waals surface area contributed by atoms with Crippen molar-refractivity contribution in [2.75, 3.05) is 6.61 Å². The van der Waals surface area contributed by atoms with Crippen molar-refractivity contribution in [2.24, 2.45) is 0 Å². The minimum Gasteiger partial charge on any atom is -0.498 e. The number of hydrogen-bond acceptors (Lipinski definition) is 2. The maximum absolute atomic E-state index is 10.4. The molecule has 0 atom stereocenters. The van der Waals surface area contributed by atoms with Crippen LogP contribution >= 0.6 is 0 Å². The summed E-state index contributed by atoms with van der Waals surface area (Å²) in [5.74, 6) is 0.149. The van der Waals surface area contributed by atoms with Crippen molar-refractivity contribution in [3.63, 3.8) is 0 Å². The maximum atomic E-state index is 10.4. The van der Waals surface area contributed by atoms with Gasteiger partial charge in [0.2, 0.25) is 0 Å². The van der Waals surface area contributed by atoms with Crippen LogP contribution in [0.1, 0.15) is 32.1 Å². The first kappa shape index (κ1) is 10.8. The fourth-order valence-electron chi connectivity index (χ4n) is 1.37. The minimum absolute atomic E-state index is 0.258. The Balaban J connectivity index is 2.04. The Morgan fingerprint density at radius 1 is 1.64 bits per heavy atom. The Morgan fingerprint density at radius 2 is 2.43 bits per heavy atom. The van der Waals surface area contributed by atoms with E-state index in [1.165, 1.54) is 6.42 Å². The Hall–Kier alpha value is -1.25. The van der Waals surface area contributed by atoms with E-state index in [4.69, 9.17) is 9.84 Å². The second kappa shape index (κ2) is 5.47. The van der Waals surface area contributed by atoms with Crippen molar-refractivity contribution in [3.05, 3.63) is 24.0 Å². The van der Waals surface area contributed by atoms with Crippen LogP contribution in [0.15, 0.2) is 24.0 Å². The smallest absolute Gasteiger partial charge is 0.330 e. The van der Waals surface area contributed by atoms with Gasteiger partial charge in [-0.05, 0) is 31.8 Å². The molecule has 3 nitrogen and oxygen atoms in total. The molecule has 0 spiro atoms. The molecular formula is C11H16O3. The van der Waals surface area contributed by atoms with Gasteiger partial charge in [0.15, 0.2) is 0 Å². The predicted molar refractivity (Wildman–Crippen MR) is 53.9 cm³/mol. The summed E-state index contributed by atoms with van der Waals surface area (Å²) in [6, 6.07) is 0. The van der Waals surface area contributed by atoms with E-state index in [1.54, 1.807) is 0 Å². The molecule has 0 heterocycles. The van der Waals surface area contributed by atoms with E-state index in [9.17, 15) is 4.79 Å². The SMILES string of the molecule is C=C(CCCOC1=CCCC1)C(=O)O. The summed E-state index contributed by atoms with van der Waals surface area (Å²) in [6.45, 7) is 4.05. The third-order valence-corrected chi connectivity index (χ3v) is 2.21. The molecule has 0 unspecified atom stereocenters. The minimum atomic E-state index is -0.912. The van der Waals surface area contributed by atoms with Crippen LogP contribution in [0.2, 0.25) is 0 Å². The molecule has 0 aromatic rings. The molecule has 0 fully saturated rings. The second-order valence-corrected chi connectivity index (χ2v) is 3.42. The van der Waals surface area contributed by atoms with E-state index < -0.39 is 5.97 Å². The fourth-order valence-corrected chi connectivity index (χ4v) is 1.37. The second-order valence-electron chi connectivity index (χ2n) is 3.42. The van der Waals surface area contributed by atoms with E-state index in [0.29, 0.717) is 13.0 Å². The van der Waals surface area contributed by atoms with Gasteiger partial charge in [-0.1, -0.05) is 6.58 Å². The lowest BCUT2D eigenvalue weighted by molar-refractivity contribution is -0.132. The van der Waals surface area contributed by atoms with Gasteiger partial charge >= 0.3 is 5.97 Å². The number of ether oxygens (including phenoxy) is 1. The lowest BCUT2D eigenvalue weighted by Crippen LogP contribution is -2.01. The van der Waals surface area contributed by atoms with E-state index >= 15 is 0 Å². The van der Waals surface area contributed by atoms with Gasteiger partial charge in [-0.2, -0.15) is 0 Å². The lowest BCUT2D eigenvalue weighted by atomic mass is 10.2. The Bertz CT molecular complexity index is 249. The first-order valence-electron chi connectivity index (χ1n) is 4.93. The first-order chi connectivity index (χ1) is 6.70. The molecule has 0 radical (unpaired) electrons. The molecule has 1 aliphatic carbocycles. The molecule has 0 saturated carbocycles. The topological polar surface area (TPSA) is 46.5 Å². The van der Waals surface area contributed by atoms with Gasteiger partial charge in [-0.15, -0.1) is 0 Å². The molecule has 1 rings (SSSR count). The summed E-state index contributed by atoms with van der Waals surface area (Å²) in [4.78, 5) is 10.4. The van der Waals surface area contributed by atoms with Crippen LogP contribution in [0.4, 0.5) is 0 Å². The zero-order valence-corrected chi connectivity index (χ0v) is 8.29. The van der Waals surface area contributed by atoms with Gasteiger partial charge in [-0.3, -0.25) is 0 Å². The van der Waals surface area contributed by atoms with Crippen molar-refractivity contribution in [1.82, 2.24) is 0 Å². The summed E-state index contributed by atoms with van der Waals surface area (Å²) >= 11 is 0. The monoisotopic (exact) mass is 196 g/mol. The predicted octanol–water partition coefficient (Wildman–Crippen LogP) is 2.49. The number of hydrogen-bond donors (Lipinski definition) is 1. The van der Waals surface area contributed by atoms with Crippen LogP contribution in [-0.4, -0.2) is 17.7 Å². The average Bonchev–Trinajstić information content (AvgIpc) is 2.64. The molecular weight excluding hydrogens is 180 g/mol. The van der Waals surface area contributed by atoms with Gasteiger partial charge in [0.05, 0.1) is 12.4 Å². The molecule has 3 heteroatoms. The average molecular weight is 196 g/mol. The molecule has 0 aromatic carbocycles. The molecule has 0 bridgehead atoms. The normalized spacial score (nSPS) is 15.0. The number of carboxylic acid groups (broad SMARTS) is 1. The van der Waals surface area contributed by atoms with Crippen LogP contribution in [0.25, 0.3) is 0 Å². The summed E-state index contributed by atoms with van der Waals surface area (Å²) in [5.41, 5.74) is 0.258. The zero-order valence-electron chi connectivity index (χ0n) is 8.29. The molecule has 0 aromatic heterocycles. The molecule has 0 amide bonds. The van der Waals surface area contributed by atoms with Gasteiger partial charge < -0.3 is 9.84 Å². The Kier molecular flexibility index (Phi) is 4.23. The van der Waals surface area contributed by atoms with Crippen molar-refractivity contribution in [3.8, 4) is 0 Å². The highest BCUT2D eigenvalue weighted by Gasteiger charge is 2.06. The van der Waals surface area contributed by atoms with Gasteiger partial charge in [0, 0.05) is 12.0 Å². The van der Waals surface area contributed by atoms with Gasteiger partial charge in [0.25, 0.3) is 0 Å². The van der Waals surface area contributed by atoms with E-state index in [0.717, 1.165) is 25.0 Å². The maximum Gasteiger partial charge on any atom is 0.330 e. The largest absolute Gasteiger partial charge is 0.498 e. The highest BCUT2D eigenvalue weighted by molar-refractivity contribution is 5.85. The fraction of sp³-hybridized carbons (Fsp3) is 0.545. The molecule has 14 heavy (non-hydrogen) atoms. The Labute approximate surface area is 84.1 Å². The van der Waals surface area contributed by atoms with Crippen LogP contribution < -0.4 is 0 Å². The van der Waals surface area contributed by atoms with Crippen molar-refractivity contribution < 1.29 is 14.6 Å². The van der Waals surface area contributed by atoms with Crippen LogP contribution in [0.3, 0.4) is 0 Å². The third kappa shape index (κ3) is 3.64. The van der Waals surface area contributed by atoms with Crippen LogP contribution in [0.5, 0.6) is 0 Å². The molecule has 1 N–H and O–H groups in total. The standard InChI is InChI=1S/C11H16O3/c1-9(11(12)13)5-4-8-14-10-6-2-3-7-10/h6H,1-5,7-8H2,(H,12,13). The summed E-state index contributed by atoms with van der Waals surface area (Å²) in [7, 11) is 0.